The number of hydrogen-bond donors (Lipinski definition) is 0. The van der Waals surface area contributed by atoms with Crippen molar-refractivity contribution in [1.82, 2.24) is 9.55 Å². The number of ether oxygens (including phenoxy) is 1. The van der Waals surface area contributed by atoms with Crippen LogP contribution in [0.2, 0.25) is 0 Å². The Hall–Kier alpha value is -3.02. The van der Waals surface area contributed by atoms with Crippen LogP contribution in [0.25, 0.3) is 21.8 Å². The standard InChI is InChI=1S/C21H17F3N2O/c1-2-26-18-11-10-15(21(22,23)24)12-17(18)25-20(26)13-27-19-9-5-7-14-6-3-4-8-16(14)19/h3-12H,2,13H2,1H3. The second kappa shape index (κ2) is 6.61. The van der Waals surface area contributed by atoms with E-state index in [4.69, 9.17) is 4.74 Å². The van der Waals surface area contributed by atoms with Crippen molar-refractivity contribution in [1.29, 1.82) is 0 Å². The smallest absolute Gasteiger partial charge is 0.416 e. The first-order valence-electron chi connectivity index (χ1n) is 8.64. The Bertz CT molecular complexity index is 1110. The molecule has 0 fully saturated rings. The number of aromatic nitrogens is 2. The van der Waals surface area contributed by atoms with E-state index >= 15 is 0 Å². The van der Waals surface area contributed by atoms with E-state index in [0.717, 1.165) is 28.7 Å². The van der Waals surface area contributed by atoms with Gasteiger partial charge in [-0.05, 0) is 36.6 Å². The molecule has 1 aromatic heterocycles. The largest absolute Gasteiger partial charge is 0.485 e. The van der Waals surface area contributed by atoms with Crippen molar-refractivity contribution >= 4 is 21.8 Å². The van der Waals surface area contributed by atoms with E-state index in [2.05, 4.69) is 4.98 Å². The molecule has 3 aromatic carbocycles. The molecular weight excluding hydrogens is 353 g/mol. The minimum absolute atomic E-state index is 0.178. The molecule has 138 valence electrons. The van der Waals surface area contributed by atoms with E-state index in [-0.39, 0.29) is 6.61 Å². The zero-order chi connectivity index (χ0) is 19.0. The van der Waals surface area contributed by atoms with Crippen LogP contribution in [0.4, 0.5) is 13.2 Å². The highest BCUT2D eigenvalue weighted by atomic mass is 19.4. The number of benzene rings is 3. The number of alkyl halides is 3. The molecule has 0 amide bonds. The zero-order valence-corrected chi connectivity index (χ0v) is 14.6. The molecule has 0 atom stereocenters. The summed E-state index contributed by atoms with van der Waals surface area (Å²) in [6.07, 6.45) is -4.39. The lowest BCUT2D eigenvalue weighted by molar-refractivity contribution is -0.137. The lowest BCUT2D eigenvalue weighted by Crippen LogP contribution is -2.06. The first-order chi connectivity index (χ1) is 13.0. The molecule has 27 heavy (non-hydrogen) atoms. The van der Waals surface area contributed by atoms with Gasteiger partial charge in [0.15, 0.2) is 0 Å². The van der Waals surface area contributed by atoms with E-state index in [1.165, 1.54) is 6.07 Å². The van der Waals surface area contributed by atoms with Crippen LogP contribution < -0.4 is 4.74 Å². The Labute approximate surface area is 154 Å². The quantitative estimate of drug-likeness (QED) is 0.453. The Morgan fingerprint density at radius 3 is 2.56 bits per heavy atom. The molecule has 4 aromatic rings. The molecule has 0 N–H and O–H groups in total. The van der Waals surface area contributed by atoms with Gasteiger partial charge in [-0.15, -0.1) is 0 Å². The monoisotopic (exact) mass is 370 g/mol. The maximum Gasteiger partial charge on any atom is 0.416 e. The fourth-order valence-corrected chi connectivity index (χ4v) is 3.28. The normalized spacial score (nSPS) is 12.0. The summed E-state index contributed by atoms with van der Waals surface area (Å²) >= 11 is 0. The second-order valence-electron chi connectivity index (χ2n) is 6.24. The first kappa shape index (κ1) is 17.4. The topological polar surface area (TPSA) is 27.1 Å². The van der Waals surface area contributed by atoms with E-state index in [1.807, 2.05) is 54.0 Å². The highest BCUT2D eigenvalue weighted by Crippen LogP contribution is 2.32. The van der Waals surface area contributed by atoms with Crippen molar-refractivity contribution in [2.45, 2.75) is 26.3 Å². The van der Waals surface area contributed by atoms with Crippen LogP contribution in [-0.4, -0.2) is 9.55 Å². The average Bonchev–Trinajstić information content (AvgIpc) is 3.02. The van der Waals surface area contributed by atoms with Gasteiger partial charge in [0.05, 0.1) is 16.6 Å². The number of imidazole rings is 1. The summed E-state index contributed by atoms with van der Waals surface area (Å²) in [5.41, 5.74) is 0.294. The molecule has 0 aliphatic carbocycles. The third kappa shape index (κ3) is 3.23. The lowest BCUT2D eigenvalue weighted by Gasteiger charge is -2.10. The average molecular weight is 370 g/mol. The third-order valence-corrected chi connectivity index (χ3v) is 4.58. The highest BCUT2D eigenvalue weighted by molar-refractivity contribution is 5.88. The van der Waals surface area contributed by atoms with Crippen LogP contribution in [0.1, 0.15) is 18.3 Å². The molecule has 0 unspecified atom stereocenters. The Morgan fingerprint density at radius 1 is 1.00 bits per heavy atom. The van der Waals surface area contributed by atoms with Crippen molar-refractivity contribution < 1.29 is 17.9 Å². The molecule has 1 heterocycles. The third-order valence-electron chi connectivity index (χ3n) is 4.58. The van der Waals surface area contributed by atoms with Crippen LogP contribution in [0.3, 0.4) is 0 Å². The molecule has 0 aliphatic rings. The van der Waals surface area contributed by atoms with Gasteiger partial charge in [-0.1, -0.05) is 36.4 Å². The van der Waals surface area contributed by atoms with Crippen molar-refractivity contribution in [3.63, 3.8) is 0 Å². The van der Waals surface area contributed by atoms with E-state index < -0.39 is 11.7 Å². The molecule has 4 rings (SSSR count). The van der Waals surface area contributed by atoms with Gasteiger partial charge < -0.3 is 9.30 Å². The zero-order valence-electron chi connectivity index (χ0n) is 14.6. The van der Waals surface area contributed by atoms with Crippen molar-refractivity contribution in [2.75, 3.05) is 0 Å². The molecule has 0 radical (unpaired) electrons. The molecular formula is C21H17F3N2O. The predicted octanol–water partition coefficient (Wildman–Crippen LogP) is 5.81. The molecule has 0 aliphatic heterocycles. The van der Waals surface area contributed by atoms with Gasteiger partial charge in [-0.25, -0.2) is 4.98 Å². The van der Waals surface area contributed by atoms with Crippen molar-refractivity contribution in [3.8, 4) is 5.75 Å². The summed E-state index contributed by atoms with van der Waals surface area (Å²) < 4.78 is 46.7. The van der Waals surface area contributed by atoms with Gasteiger partial charge in [0.1, 0.15) is 18.2 Å². The molecule has 0 bridgehead atoms. The summed E-state index contributed by atoms with van der Waals surface area (Å²) in [6, 6.07) is 17.3. The Morgan fingerprint density at radius 2 is 1.78 bits per heavy atom. The first-order valence-corrected chi connectivity index (χ1v) is 8.64. The molecule has 0 spiro atoms. The van der Waals surface area contributed by atoms with Gasteiger partial charge in [-0.3, -0.25) is 0 Å². The van der Waals surface area contributed by atoms with Crippen LogP contribution in [0, 0.1) is 0 Å². The van der Waals surface area contributed by atoms with Crippen molar-refractivity contribution in [3.05, 3.63) is 72.1 Å². The Kier molecular flexibility index (Phi) is 4.26. The molecule has 0 saturated heterocycles. The second-order valence-corrected chi connectivity index (χ2v) is 6.24. The van der Waals surface area contributed by atoms with Gasteiger partial charge >= 0.3 is 6.18 Å². The molecule has 3 nitrogen and oxygen atoms in total. The minimum atomic E-state index is -4.39. The minimum Gasteiger partial charge on any atom is -0.485 e. The van der Waals surface area contributed by atoms with Gasteiger partial charge in [-0.2, -0.15) is 13.2 Å². The summed E-state index contributed by atoms with van der Waals surface area (Å²) in [6.45, 7) is 2.70. The van der Waals surface area contributed by atoms with E-state index in [0.29, 0.717) is 23.4 Å². The summed E-state index contributed by atoms with van der Waals surface area (Å²) in [5.74, 6) is 1.32. The van der Waals surface area contributed by atoms with Gasteiger partial charge in [0, 0.05) is 11.9 Å². The van der Waals surface area contributed by atoms with Crippen LogP contribution >= 0.6 is 0 Å². The number of aryl methyl sites for hydroxylation is 1. The maximum atomic E-state index is 13.0. The molecule has 6 heteroatoms. The van der Waals surface area contributed by atoms with E-state index in [9.17, 15) is 13.2 Å². The fourth-order valence-electron chi connectivity index (χ4n) is 3.28. The van der Waals surface area contributed by atoms with Gasteiger partial charge in [0.2, 0.25) is 0 Å². The fraction of sp³-hybridized carbons (Fsp3) is 0.190. The predicted molar refractivity (Wildman–Crippen MR) is 98.7 cm³/mol. The summed E-state index contributed by atoms with van der Waals surface area (Å²) in [7, 11) is 0. The van der Waals surface area contributed by atoms with Crippen LogP contribution in [0.5, 0.6) is 5.75 Å². The summed E-state index contributed by atoms with van der Waals surface area (Å²) in [4.78, 5) is 4.39. The summed E-state index contributed by atoms with van der Waals surface area (Å²) in [5, 5.41) is 2.05. The lowest BCUT2D eigenvalue weighted by atomic mass is 10.1. The van der Waals surface area contributed by atoms with Crippen LogP contribution in [-0.2, 0) is 19.3 Å². The maximum absolute atomic E-state index is 13.0. The number of hydrogen-bond acceptors (Lipinski definition) is 2. The SMILES string of the molecule is CCn1c(COc2cccc3ccccc23)nc2cc(C(F)(F)F)ccc21. The van der Waals surface area contributed by atoms with E-state index in [1.54, 1.807) is 0 Å². The van der Waals surface area contributed by atoms with Crippen LogP contribution in [0.15, 0.2) is 60.7 Å². The number of rotatable bonds is 4. The number of fused-ring (bicyclic) bond motifs is 2. The van der Waals surface area contributed by atoms with Crippen molar-refractivity contribution in [2.24, 2.45) is 0 Å². The number of nitrogens with zero attached hydrogens (tertiary/aromatic N) is 2. The van der Waals surface area contributed by atoms with Gasteiger partial charge in [0.25, 0.3) is 0 Å². The molecule has 0 saturated carbocycles. The highest BCUT2D eigenvalue weighted by Gasteiger charge is 2.31. The number of halogens is 3. The Balaban J connectivity index is 1.69.